The summed E-state index contributed by atoms with van der Waals surface area (Å²) in [6, 6.07) is 0. The lowest BCUT2D eigenvalue weighted by molar-refractivity contribution is 0.117. The van der Waals surface area contributed by atoms with Gasteiger partial charge in [-0.05, 0) is 45.8 Å². The number of unbranched alkanes of at least 4 members (excludes halogenated alkanes) is 1. The van der Waals surface area contributed by atoms with Gasteiger partial charge in [-0.1, -0.05) is 6.92 Å². The molecule has 0 radical (unpaired) electrons. The first-order valence-corrected chi connectivity index (χ1v) is 5.75. The van der Waals surface area contributed by atoms with E-state index in [0.717, 1.165) is 26.2 Å². The fraction of sp³-hybridized carbons (Fsp3) is 1.00. The third-order valence-electron chi connectivity index (χ3n) is 2.22. The zero-order valence-electron chi connectivity index (χ0n) is 9.94. The minimum absolute atomic E-state index is 0.327. The Morgan fingerprint density at radius 3 is 2.29 bits per heavy atom. The average Bonchev–Trinajstić information content (AvgIpc) is 2.21. The Kier molecular flexibility index (Phi) is 10.9. The molecule has 0 saturated heterocycles. The SMILES string of the molecule is CCCNCCCCNCC(C)OC. The molecule has 0 aliphatic carbocycles. The second-order valence-electron chi connectivity index (χ2n) is 3.71. The molecular formula is C11H26N2O. The molecule has 3 heteroatoms. The summed E-state index contributed by atoms with van der Waals surface area (Å²) in [6.45, 7) is 8.63. The Balaban J connectivity index is 2.92. The summed E-state index contributed by atoms with van der Waals surface area (Å²) in [7, 11) is 1.75. The van der Waals surface area contributed by atoms with E-state index in [1.807, 2.05) is 0 Å². The summed E-state index contributed by atoms with van der Waals surface area (Å²) in [6.07, 6.45) is 4.05. The third-order valence-corrected chi connectivity index (χ3v) is 2.22. The van der Waals surface area contributed by atoms with Crippen molar-refractivity contribution in [3.05, 3.63) is 0 Å². The van der Waals surface area contributed by atoms with E-state index >= 15 is 0 Å². The fourth-order valence-corrected chi connectivity index (χ4v) is 1.19. The Bertz CT molecular complexity index is 109. The lowest BCUT2D eigenvalue weighted by atomic mass is 10.3. The van der Waals surface area contributed by atoms with Gasteiger partial charge in [0.2, 0.25) is 0 Å². The van der Waals surface area contributed by atoms with Crippen LogP contribution in [0.25, 0.3) is 0 Å². The van der Waals surface area contributed by atoms with Gasteiger partial charge in [0.1, 0.15) is 0 Å². The molecule has 0 fully saturated rings. The zero-order valence-corrected chi connectivity index (χ0v) is 9.94. The minimum atomic E-state index is 0.327. The Morgan fingerprint density at radius 1 is 1.07 bits per heavy atom. The maximum Gasteiger partial charge on any atom is 0.0667 e. The molecular weight excluding hydrogens is 176 g/mol. The molecule has 0 aliphatic rings. The molecule has 86 valence electrons. The van der Waals surface area contributed by atoms with Crippen LogP contribution in [0.4, 0.5) is 0 Å². The molecule has 0 aromatic carbocycles. The van der Waals surface area contributed by atoms with Gasteiger partial charge in [-0.25, -0.2) is 0 Å². The first-order valence-electron chi connectivity index (χ1n) is 5.75. The molecule has 0 rings (SSSR count). The highest BCUT2D eigenvalue weighted by molar-refractivity contribution is 4.55. The van der Waals surface area contributed by atoms with E-state index in [0.29, 0.717) is 6.10 Å². The van der Waals surface area contributed by atoms with Crippen molar-refractivity contribution >= 4 is 0 Å². The van der Waals surface area contributed by atoms with E-state index in [9.17, 15) is 0 Å². The number of hydrogen-bond acceptors (Lipinski definition) is 3. The zero-order chi connectivity index (χ0) is 10.6. The molecule has 3 nitrogen and oxygen atoms in total. The van der Waals surface area contributed by atoms with Gasteiger partial charge in [0.25, 0.3) is 0 Å². The first kappa shape index (κ1) is 13.9. The van der Waals surface area contributed by atoms with Crippen molar-refractivity contribution in [3.8, 4) is 0 Å². The molecule has 0 amide bonds. The average molecular weight is 202 g/mol. The van der Waals surface area contributed by atoms with E-state index in [4.69, 9.17) is 4.74 Å². The van der Waals surface area contributed by atoms with Gasteiger partial charge in [-0.3, -0.25) is 0 Å². The van der Waals surface area contributed by atoms with Crippen LogP contribution >= 0.6 is 0 Å². The molecule has 0 spiro atoms. The highest BCUT2D eigenvalue weighted by Gasteiger charge is 1.96. The van der Waals surface area contributed by atoms with Crippen molar-refractivity contribution < 1.29 is 4.74 Å². The lowest BCUT2D eigenvalue weighted by Gasteiger charge is -2.10. The summed E-state index contributed by atoms with van der Waals surface area (Å²) in [5.74, 6) is 0. The second kappa shape index (κ2) is 11.0. The molecule has 0 aromatic rings. The van der Waals surface area contributed by atoms with Crippen LogP contribution in [0.1, 0.15) is 33.1 Å². The van der Waals surface area contributed by atoms with E-state index in [-0.39, 0.29) is 0 Å². The first-order chi connectivity index (χ1) is 6.81. The van der Waals surface area contributed by atoms with Gasteiger partial charge in [0.05, 0.1) is 6.10 Å². The van der Waals surface area contributed by atoms with Gasteiger partial charge in [-0.2, -0.15) is 0 Å². The van der Waals surface area contributed by atoms with Crippen molar-refractivity contribution in [1.82, 2.24) is 10.6 Å². The van der Waals surface area contributed by atoms with E-state index in [1.165, 1.54) is 19.3 Å². The summed E-state index contributed by atoms with van der Waals surface area (Å²) < 4.78 is 5.13. The van der Waals surface area contributed by atoms with Gasteiger partial charge < -0.3 is 15.4 Å². The highest BCUT2D eigenvalue weighted by Crippen LogP contribution is 1.87. The van der Waals surface area contributed by atoms with E-state index < -0.39 is 0 Å². The van der Waals surface area contributed by atoms with Crippen LogP contribution < -0.4 is 10.6 Å². The normalized spacial score (nSPS) is 13.1. The maximum atomic E-state index is 5.13. The smallest absolute Gasteiger partial charge is 0.0667 e. The van der Waals surface area contributed by atoms with Crippen molar-refractivity contribution in [2.45, 2.75) is 39.2 Å². The van der Waals surface area contributed by atoms with Crippen molar-refractivity contribution in [3.63, 3.8) is 0 Å². The Morgan fingerprint density at radius 2 is 1.71 bits per heavy atom. The van der Waals surface area contributed by atoms with Gasteiger partial charge >= 0.3 is 0 Å². The molecule has 0 heterocycles. The number of methoxy groups -OCH3 is 1. The minimum Gasteiger partial charge on any atom is -0.380 e. The quantitative estimate of drug-likeness (QED) is 0.525. The van der Waals surface area contributed by atoms with Gasteiger partial charge in [0, 0.05) is 13.7 Å². The summed E-state index contributed by atoms with van der Waals surface area (Å²) in [4.78, 5) is 0. The molecule has 0 bridgehead atoms. The number of hydrogen-bond donors (Lipinski definition) is 2. The van der Waals surface area contributed by atoms with Crippen LogP contribution in [0.2, 0.25) is 0 Å². The highest BCUT2D eigenvalue weighted by atomic mass is 16.5. The predicted molar refractivity (Wildman–Crippen MR) is 61.7 cm³/mol. The Hall–Kier alpha value is -0.120. The maximum absolute atomic E-state index is 5.13. The van der Waals surface area contributed by atoms with Crippen LogP contribution in [0.15, 0.2) is 0 Å². The van der Waals surface area contributed by atoms with Crippen molar-refractivity contribution in [2.24, 2.45) is 0 Å². The van der Waals surface area contributed by atoms with Crippen LogP contribution in [-0.4, -0.2) is 39.4 Å². The molecule has 1 unspecified atom stereocenters. The molecule has 2 N–H and O–H groups in total. The summed E-state index contributed by atoms with van der Waals surface area (Å²) in [5.41, 5.74) is 0. The van der Waals surface area contributed by atoms with Crippen molar-refractivity contribution in [2.75, 3.05) is 33.3 Å². The van der Waals surface area contributed by atoms with Gasteiger partial charge in [0.15, 0.2) is 0 Å². The topological polar surface area (TPSA) is 33.3 Å². The standard InChI is InChI=1S/C11H26N2O/c1-4-7-12-8-5-6-9-13-10-11(2)14-3/h11-13H,4-10H2,1-3H3. The number of nitrogens with one attached hydrogen (secondary N) is 2. The number of rotatable bonds is 10. The number of ether oxygens (including phenoxy) is 1. The molecule has 0 saturated carbocycles. The van der Waals surface area contributed by atoms with E-state index in [2.05, 4.69) is 24.5 Å². The van der Waals surface area contributed by atoms with Gasteiger partial charge in [-0.15, -0.1) is 0 Å². The second-order valence-corrected chi connectivity index (χ2v) is 3.71. The van der Waals surface area contributed by atoms with Crippen LogP contribution in [0.5, 0.6) is 0 Å². The molecule has 14 heavy (non-hydrogen) atoms. The summed E-state index contributed by atoms with van der Waals surface area (Å²) >= 11 is 0. The third kappa shape index (κ3) is 9.96. The van der Waals surface area contributed by atoms with Crippen LogP contribution in [-0.2, 0) is 4.74 Å². The van der Waals surface area contributed by atoms with E-state index in [1.54, 1.807) is 7.11 Å². The summed E-state index contributed by atoms with van der Waals surface area (Å²) in [5, 5.41) is 6.77. The molecule has 1 atom stereocenters. The predicted octanol–water partition coefficient (Wildman–Crippen LogP) is 1.39. The Labute approximate surface area is 88.6 Å². The van der Waals surface area contributed by atoms with Crippen molar-refractivity contribution in [1.29, 1.82) is 0 Å². The fourth-order valence-electron chi connectivity index (χ4n) is 1.19. The molecule has 0 aliphatic heterocycles. The van der Waals surface area contributed by atoms with Crippen LogP contribution in [0.3, 0.4) is 0 Å². The van der Waals surface area contributed by atoms with Crippen LogP contribution in [0, 0.1) is 0 Å². The largest absolute Gasteiger partial charge is 0.380 e. The lowest BCUT2D eigenvalue weighted by Crippen LogP contribution is -2.27. The monoisotopic (exact) mass is 202 g/mol. The molecule has 0 aromatic heterocycles.